The van der Waals surface area contributed by atoms with Crippen LogP contribution in [0.25, 0.3) is 11.3 Å². The first-order valence-corrected chi connectivity index (χ1v) is 9.94. The summed E-state index contributed by atoms with van der Waals surface area (Å²) in [4.78, 5) is 29.3. The number of nitrogens with zero attached hydrogens (tertiary/aromatic N) is 3. The lowest BCUT2D eigenvalue weighted by atomic mass is 9.97. The van der Waals surface area contributed by atoms with Gasteiger partial charge in [-0.3, -0.25) is 4.79 Å². The number of primary amides is 1. The molecule has 1 fully saturated rings. The summed E-state index contributed by atoms with van der Waals surface area (Å²) in [5.41, 5.74) is 8.70. The van der Waals surface area contributed by atoms with Crippen LogP contribution in [0.1, 0.15) is 12.8 Å². The SMILES string of the molecule is CN(C)c1cccc(-c2csc(N3CCC(C(N)=O)CC3)n2)c1.O=C(O)C(F)(F)F. The maximum absolute atomic E-state index is 11.3. The van der Waals surface area contributed by atoms with E-state index in [2.05, 4.69) is 39.4 Å². The monoisotopic (exact) mass is 444 g/mol. The van der Waals surface area contributed by atoms with Crippen molar-refractivity contribution in [3.63, 3.8) is 0 Å². The fourth-order valence-electron chi connectivity index (χ4n) is 2.84. The summed E-state index contributed by atoms with van der Waals surface area (Å²) in [5, 5.41) is 10.3. The van der Waals surface area contributed by atoms with Crippen molar-refractivity contribution in [1.29, 1.82) is 0 Å². The van der Waals surface area contributed by atoms with Crippen molar-refractivity contribution in [3.8, 4) is 11.3 Å². The molecule has 0 saturated carbocycles. The summed E-state index contributed by atoms with van der Waals surface area (Å²) in [7, 11) is 4.07. The third-order valence-electron chi connectivity index (χ3n) is 4.56. The molecule has 2 aromatic rings. The Morgan fingerprint density at radius 2 is 1.87 bits per heavy atom. The Hall–Kier alpha value is -2.82. The molecular weight excluding hydrogens is 421 g/mol. The molecule has 1 aliphatic rings. The average Bonchev–Trinajstić information content (AvgIpc) is 3.18. The van der Waals surface area contributed by atoms with Crippen LogP contribution in [-0.2, 0) is 9.59 Å². The van der Waals surface area contributed by atoms with Crippen molar-refractivity contribution in [2.45, 2.75) is 19.0 Å². The number of aromatic nitrogens is 1. The molecule has 3 N–H and O–H groups in total. The van der Waals surface area contributed by atoms with Gasteiger partial charge in [0.15, 0.2) is 5.13 Å². The molecule has 1 aliphatic heterocycles. The molecule has 0 atom stereocenters. The number of thiazole rings is 1. The van der Waals surface area contributed by atoms with Crippen LogP contribution in [0.5, 0.6) is 0 Å². The molecule has 7 nitrogen and oxygen atoms in total. The summed E-state index contributed by atoms with van der Waals surface area (Å²) in [6.07, 6.45) is -3.44. The van der Waals surface area contributed by atoms with Crippen molar-refractivity contribution >= 4 is 34.0 Å². The van der Waals surface area contributed by atoms with E-state index in [0.29, 0.717) is 0 Å². The number of carbonyl (C=O) groups excluding carboxylic acids is 1. The highest BCUT2D eigenvalue weighted by Gasteiger charge is 2.38. The topological polar surface area (TPSA) is 99.8 Å². The number of carboxylic acid groups (broad SMARTS) is 1. The molecule has 1 saturated heterocycles. The van der Waals surface area contributed by atoms with Gasteiger partial charge in [-0.1, -0.05) is 12.1 Å². The van der Waals surface area contributed by atoms with Gasteiger partial charge in [0.2, 0.25) is 5.91 Å². The average molecular weight is 444 g/mol. The molecule has 1 amide bonds. The third kappa shape index (κ3) is 6.34. The Morgan fingerprint density at radius 3 is 2.37 bits per heavy atom. The number of alkyl halides is 3. The van der Waals surface area contributed by atoms with E-state index in [-0.39, 0.29) is 11.8 Å². The normalized spacial score (nSPS) is 14.6. The highest BCUT2D eigenvalue weighted by atomic mass is 32.1. The van der Waals surface area contributed by atoms with Crippen LogP contribution in [0.15, 0.2) is 29.6 Å². The lowest BCUT2D eigenvalue weighted by Gasteiger charge is -2.30. The van der Waals surface area contributed by atoms with E-state index < -0.39 is 12.1 Å². The van der Waals surface area contributed by atoms with Gasteiger partial charge in [0.1, 0.15) is 0 Å². The van der Waals surface area contributed by atoms with Gasteiger partial charge in [-0.25, -0.2) is 9.78 Å². The van der Waals surface area contributed by atoms with Gasteiger partial charge in [-0.15, -0.1) is 11.3 Å². The maximum Gasteiger partial charge on any atom is 0.490 e. The lowest BCUT2D eigenvalue weighted by molar-refractivity contribution is -0.192. The molecule has 2 heterocycles. The van der Waals surface area contributed by atoms with Crippen LogP contribution in [0.4, 0.5) is 24.0 Å². The predicted octanol–water partition coefficient (Wildman–Crippen LogP) is 3.21. The van der Waals surface area contributed by atoms with E-state index in [9.17, 15) is 18.0 Å². The second-order valence-electron chi connectivity index (χ2n) is 6.93. The molecule has 1 aromatic heterocycles. The van der Waals surface area contributed by atoms with Crippen LogP contribution in [-0.4, -0.2) is 55.3 Å². The largest absolute Gasteiger partial charge is 0.490 e. The van der Waals surface area contributed by atoms with E-state index in [1.165, 1.54) is 5.69 Å². The van der Waals surface area contributed by atoms with Crippen LogP contribution in [0.2, 0.25) is 0 Å². The van der Waals surface area contributed by atoms with Gasteiger partial charge in [0, 0.05) is 49.7 Å². The quantitative estimate of drug-likeness (QED) is 0.751. The minimum Gasteiger partial charge on any atom is -0.475 e. The molecule has 3 rings (SSSR count). The molecule has 164 valence electrons. The van der Waals surface area contributed by atoms with E-state index in [0.717, 1.165) is 42.3 Å². The number of hydrogen-bond donors (Lipinski definition) is 2. The highest BCUT2D eigenvalue weighted by Crippen LogP contribution is 2.31. The fourth-order valence-corrected chi connectivity index (χ4v) is 3.73. The zero-order valence-corrected chi connectivity index (χ0v) is 17.3. The van der Waals surface area contributed by atoms with Gasteiger partial charge in [-0.2, -0.15) is 13.2 Å². The molecule has 1 aromatic carbocycles. The number of benzene rings is 1. The first-order valence-electron chi connectivity index (χ1n) is 9.06. The molecule has 0 unspecified atom stereocenters. The summed E-state index contributed by atoms with van der Waals surface area (Å²) < 4.78 is 31.7. The Bertz CT molecular complexity index is 878. The van der Waals surface area contributed by atoms with Crippen molar-refractivity contribution in [2.24, 2.45) is 11.7 Å². The smallest absolute Gasteiger partial charge is 0.475 e. The van der Waals surface area contributed by atoms with E-state index in [4.69, 9.17) is 20.6 Å². The van der Waals surface area contributed by atoms with Crippen LogP contribution < -0.4 is 15.5 Å². The van der Waals surface area contributed by atoms with E-state index >= 15 is 0 Å². The predicted molar refractivity (Wildman–Crippen MR) is 110 cm³/mol. The second kappa shape index (κ2) is 9.79. The summed E-state index contributed by atoms with van der Waals surface area (Å²) in [6.45, 7) is 1.69. The number of rotatable bonds is 4. The van der Waals surface area contributed by atoms with E-state index in [1.54, 1.807) is 11.3 Å². The molecule has 0 aliphatic carbocycles. The number of nitrogens with two attached hydrogens (primary N) is 1. The number of halogens is 3. The summed E-state index contributed by atoms with van der Waals surface area (Å²) in [5.74, 6) is -2.92. The first-order chi connectivity index (χ1) is 14.0. The lowest BCUT2D eigenvalue weighted by Crippen LogP contribution is -2.38. The Labute approximate surface area is 175 Å². The van der Waals surface area contributed by atoms with Crippen LogP contribution >= 0.6 is 11.3 Å². The van der Waals surface area contributed by atoms with Gasteiger partial charge < -0.3 is 20.6 Å². The standard InChI is InChI=1S/C17H22N4OS.C2HF3O2/c1-20(2)14-5-3-4-13(10-14)15-11-23-17(19-15)21-8-6-12(7-9-21)16(18)22;3-2(4,5)1(6)7/h3-5,10-12H,6-9H2,1-2H3,(H2,18,22);(H,6,7). The second-order valence-corrected chi connectivity index (χ2v) is 7.76. The molecule has 11 heteroatoms. The van der Waals surface area contributed by atoms with Gasteiger partial charge in [0.05, 0.1) is 5.69 Å². The molecule has 0 spiro atoms. The van der Waals surface area contributed by atoms with Crippen LogP contribution in [0, 0.1) is 5.92 Å². The van der Waals surface area contributed by atoms with Crippen molar-refractivity contribution in [2.75, 3.05) is 37.0 Å². The number of hydrogen-bond acceptors (Lipinski definition) is 6. The minimum absolute atomic E-state index is 0.0162. The molecule has 30 heavy (non-hydrogen) atoms. The van der Waals surface area contributed by atoms with Gasteiger partial charge in [0.25, 0.3) is 0 Å². The number of anilines is 2. The van der Waals surface area contributed by atoms with Crippen molar-refractivity contribution < 1.29 is 27.9 Å². The number of carboxylic acids is 1. The number of carbonyl (C=O) groups is 2. The number of amides is 1. The molecular formula is C19H23F3N4O3S. The van der Waals surface area contributed by atoms with Crippen LogP contribution in [0.3, 0.4) is 0 Å². The summed E-state index contributed by atoms with van der Waals surface area (Å²) in [6, 6.07) is 8.39. The Morgan fingerprint density at radius 1 is 1.27 bits per heavy atom. The number of aliphatic carboxylic acids is 1. The fraction of sp³-hybridized carbons (Fsp3) is 0.421. The highest BCUT2D eigenvalue weighted by molar-refractivity contribution is 7.14. The maximum atomic E-state index is 11.3. The molecule has 0 radical (unpaired) electrons. The van der Waals surface area contributed by atoms with Crippen molar-refractivity contribution in [1.82, 2.24) is 4.98 Å². The van der Waals surface area contributed by atoms with Gasteiger partial charge >= 0.3 is 12.1 Å². The zero-order chi connectivity index (χ0) is 22.5. The van der Waals surface area contributed by atoms with Gasteiger partial charge in [-0.05, 0) is 25.0 Å². The Kier molecular flexibility index (Phi) is 7.65. The zero-order valence-electron chi connectivity index (χ0n) is 16.5. The summed E-state index contributed by atoms with van der Waals surface area (Å²) >= 11 is 1.66. The van der Waals surface area contributed by atoms with E-state index in [1.807, 2.05) is 14.1 Å². The third-order valence-corrected chi connectivity index (χ3v) is 5.46. The minimum atomic E-state index is -5.08. The Balaban J connectivity index is 0.000000396. The molecule has 0 bridgehead atoms. The first kappa shape index (κ1) is 23.5. The number of piperidine rings is 1. The van der Waals surface area contributed by atoms with Crippen molar-refractivity contribution in [3.05, 3.63) is 29.6 Å².